The smallest absolute Gasteiger partial charge is 0.162 e. The molecule has 0 aliphatic heterocycles. The highest BCUT2D eigenvalue weighted by Gasteiger charge is 2.09. The van der Waals surface area contributed by atoms with E-state index in [9.17, 15) is 0 Å². The van der Waals surface area contributed by atoms with Crippen LogP contribution in [0.1, 0.15) is 0 Å². The van der Waals surface area contributed by atoms with Crippen LogP contribution >= 0.6 is 0 Å². The van der Waals surface area contributed by atoms with Crippen molar-refractivity contribution >= 4 is 16.7 Å². The van der Waals surface area contributed by atoms with Crippen LogP contribution < -0.4 is 15.2 Å². The molecule has 20 heavy (non-hydrogen) atoms. The maximum absolute atomic E-state index is 5.77. The zero-order valence-electron chi connectivity index (χ0n) is 11.3. The number of aromatic nitrogens is 2. The Bertz CT molecular complexity index is 765. The Morgan fingerprint density at radius 3 is 2.55 bits per heavy atom. The summed E-state index contributed by atoms with van der Waals surface area (Å²) in [5.41, 5.74) is 9.28. The molecule has 0 bridgehead atoms. The van der Waals surface area contributed by atoms with Crippen LogP contribution in [-0.4, -0.2) is 23.8 Å². The maximum Gasteiger partial charge on any atom is 0.162 e. The Labute approximate surface area is 116 Å². The van der Waals surface area contributed by atoms with Crippen LogP contribution in [0.2, 0.25) is 0 Å². The monoisotopic (exact) mass is 269 g/mol. The summed E-state index contributed by atoms with van der Waals surface area (Å²) in [5.74, 6) is 1.38. The van der Waals surface area contributed by atoms with E-state index in [0.717, 1.165) is 16.7 Å². The van der Waals surface area contributed by atoms with E-state index in [2.05, 4.69) is 4.98 Å². The highest BCUT2D eigenvalue weighted by Crippen LogP contribution is 2.30. The molecule has 0 atom stereocenters. The number of hydrogen-bond donors (Lipinski definition) is 1. The Morgan fingerprint density at radius 1 is 1.00 bits per heavy atom. The van der Waals surface area contributed by atoms with Gasteiger partial charge in [-0.25, -0.2) is 4.98 Å². The first-order chi connectivity index (χ1) is 9.72. The average molecular weight is 269 g/mol. The van der Waals surface area contributed by atoms with E-state index in [1.54, 1.807) is 20.5 Å². The van der Waals surface area contributed by atoms with Crippen LogP contribution in [-0.2, 0) is 0 Å². The molecule has 0 saturated heterocycles. The summed E-state index contributed by atoms with van der Waals surface area (Å²) in [7, 11) is 3.24. The molecule has 0 unspecified atom stereocenters. The third-order valence-corrected chi connectivity index (χ3v) is 3.22. The van der Waals surface area contributed by atoms with Crippen molar-refractivity contribution in [2.24, 2.45) is 0 Å². The minimum absolute atomic E-state index is 0.683. The minimum Gasteiger partial charge on any atom is -0.493 e. The summed E-state index contributed by atoms with van der Waals surface area (Å²) in [6.07, 6.45) is 1.77. The molecule has 3 aromatic rings. The zero-order chi connectivity index (χ0) is 14.1. The third-order valence-electron chi connectivity index (χ3n) is 3.22. The highest BCUT2D eigenvalue weighted by molar-refractivity contribution is 5.80. The van der Waals surface area contributed by atoms with Crippen molar-refractivity contribution in [3.63, 3.8) is 0 Å². The van der Waals surface area contributed by atoms with Gasteiger partial charge in [-0.1, -0.05) is 0 Å². The fourth-order valence-electron chi connectivity index (χ4n) is 2.21. The summed E-state index contributed by atoms with van der Waals surface area (Å²) >= 11 is 0. The topological polar surface area (TPSA) is 62.3 Å². The third kappa shape index (κ3) is 1.93. The van der Waals surface area contributed by atoms with E-state index in [4.69, 9.17) is 15.2 Å². The van der Waals surface area contributed by atoms with Crippen LogP contribution in [0, 0.1) is 0 Å². The number of rotatable bonds is 3. The maximum atomic E-state index is 5.77. The fraction of sp³-hybridized carbons (Fsp3) is 0.133. The van der Waals surface area contributed by atoms with Crippen LogP contribution in [0.5, 0.6) is 11.5 Å². The lowest BCUT2D eigenvalue weighted by molar-refractivity contribution is 0.355. The first kappa shape index (κ1) is 12.3. The van der Waals surface area contributed by atoms with E-state index in [0.29, 0.717) is 17.2 Å². The van der Waals surface area contributed by atoms with Crippen molar-refractivity contribution in [1.82, 2.24) is 9.55 Å². The summed E-state index contributed by atoms with van der Waals surface area (Å²) in [6.45, 7) is 0. The molecule has 2 aromatic carbocycles. The van der Waals surface area contributed by atoms with Gasteiger partial charge >= 0.3 is 0 Å². The number of methoxy groups -OCH3 is 2. The molecule has 1 heterocycles. The molecule has 0 radical (unpaired) electrons. The number of nitrogen functional groups attached to an aromatic ring is 1. The molecular weight excluding hydrogens is 254 g/mol. The molecule has 0 saturated carbocycles. The number of nitrogens with two attached hydrogens (primary N) is 1. The Hall–Kier alpha value is -2.69. The van der Waals surface area contributed by atoms with Gasteiger partial charge < -0.3 is 15.2 Å². The predicted molar refractivity (Wildman–Crippen MR) is 78.6 cm³/mol. The summed E-state index contributed by atoms with van der Waals surface area (Å²) in [4.78, 5) is 4.36. The normalized spacial score (nSPS) is 10.7. The van der Waals surface area contributed by atoms with Crippen molar-refractivity contribution in [1.29, 1.82) is 0 Å². The van der Waals surface area contributed by atoms with Crippen LogP contribution in [0.25, 0.3) is 16.7 Å². The summed E-state index contributed by atoms with van der Waals surface area (Å²) in [6, 6.07) is 11.4. The number of ether oxygens (including phenoxy) is 2. The van der Waals surface area contributed by atoms with E-state index in [1.807, 2.05) is 41.0 Å². The second kappa shape index (κ2) is 4.77. The molecular formula is C15H15N3O2. The Kier molecular flexibility index (Phi) is 2.95. The number of nitrogens with zero attached hydrogens (tertiary/aromatic N) is 2. The van der Waals surface area contributed by atoms with Crippen molar-refractivity contribution in [3.05, 3.63) is 42.7 Å². The van der Waals surface area contributed by atoms with Gasteiger partial charge in [0, 0.05) is 11.8 Å². The van der Waals surface area contributed by atoms with Gasteiger partial charge in [0.2, 0.25) is 0 Å². The molecule has 2 N–H and O–H groups in total. The largest absolute Gasteiger partial charge is 0.493 e. The van der Waals surface area contributed by atoms with E-state index in [1.165, 1.54) is 0 Å². The Balaban J connectivity index is 2.15. The number of fused-ring (bicyclic) bond motifs is 1. The molecule has 5 nitrogen and oxygen atoms in total. The number of hydrogen-bond acceptors (Lipinski definition) is 4. The fourth-order valence-corrected chi connectivity index (χ4v) is 2.21. The zero-order valence-corrected chi connectivity index (χ0v) is 11.3. The molecule has 0 fully saturated rings. The lowest BCUT2D eigenvalue weighted by Crippen LogP contribution is -1.96. The quantitative estimate of drug-likeness (QED) is 0.742. The lowest BCUT2D eigenvalue weighted by Gasteiger charge is -2.10. The van der Waals surface area contributed by atoms with E-state index < -0.39 is 0 Å². The van der Waals surface area contributed by atoms with Gasteiger partial charge in [0.25, 0.3) is 0 Å². The molecule has 0 aliphatic rings. The first-order valence-electron chi connectivity index (χ1n) is 6.18. The molecule has 102 valence electrons. The molecule has 1 aromatic heterocycles. The van der Waals surface area contributed by atoms with Crippen molar-refractivity contribution in [2.45, 2.75) is 0 Å². The predicted octanol–water partition coefficient (Wildman–Crippen LogP) is 2.62. The van der Waals surface area contributed by atoms with E-state index in [-0.39, 0.29) is 0 Å². The summed E-state index contributed by atoms with van der Waals surface area (Å²) < 4.78 is 12.6. The first-order valence-corrected chi connectivity index (χ1v) is 6.18. The second-order valence-corrected chi connectivity index (χ2v) is 4.40. The Morgan fingerprint density at radius 2 is 1.80 bits per heavy atom. The molecule has 0 aliphatic carbocycles. The SMILES string of the molecule is COc1ccc(-n2cnc3cc(N)ccc32)cc1OC. The van der Waals surface area contributed by atoms with Crippen LogP contribution in [0.3, 0.4) is 0 Å². The van der Waals surface area contributed by atoms with Gasteiger partial charge in [-0.15, -0.1) is 0 Å². The molecule has 0 spiro atoms. The van der Waals surface area contributed by atoms with Crippen molar-refractivity contribution < 1.29 is 9.47 Å². The standard InChI is InChI=1S/C15H15N3O2/c1-19-14-6-4-11(8-15(14)20-2)18-9-17-12-7-10(16)3-5-13(12)18/h3-9H,16H2,1-2H3. The van der Waals surface area contributed by atoms with Crippen molar-refractivity contribution in [3.8, 4) is 17.2 Å². The average Bonchev–Trinajstić information content (AvgIpc) is 2.89. The minimum atomic E-state index is 0.683. The van der Waals surface area contributed by atoms with Crippen LogP contribution in [0.4, 0.5) is 5.69 Å². The van der Waals surface area contributed by atoms with Gasteiger partial charge in [0.1, 0.15) is 6.33 Å². The van der Waals surface area contributed by atoms with Gasteiger partial charge in [-0.2, -0.15) is 0 Å². The summed E-state index contributed by atoms with van der Waals surface area (Å²) in [5, 5.41) is 0. The van der Waals surface area contributed by atoms with Gasteiger partial charge in [-0.3, -0.25) is 4.57 Å². The second-order valence-electron chi connectivity index (χ2n) is 4.40. The van der Waals surface area contributed by atoms with Gasteiger partial charge in [0.05, 0.1) is 30.9 Å². The highest BCUT2D eigenvalue weighted by atomic mass is 16.5. The van der Waals surface area contributed by atoms with E-state index >= 15 is 0 Å². The number of anilines is 1. The van der Waals surface area contributed by atoms with Gasteiger partial charge in [-0.05, 0) is 30.3 Å². The van der Waals surface area contributed by atoms with Gasteiger partial charge in [0.15, 0.2) is 11.5 Å². The molecule has 3 rings (SSSR count). The van der Waals surface area contributed by atoms with Crippen LogP contribution in [0.15, 0.2) is 42.7 Å². The number of imidazole rings is 1. The molecule has 0 amide bonds. The number of benzene rings is 2. The van der Waals surface area contributed by atoms with Crippen molar-refractivity contribution in [2.75, 3.05) is 20.0 Å². The molecule has 5 heteroatoms. The lowest BCUT2D eigenvalue weighted by atomic mass is 10.2.